The van der Waals surface area contributed by atoms with E-state index in [9.17, 15) is 8.78 Å². The molecule has 0 aliphatic carbocycles. The Kier molecular flexibility index (Phi) is 4.45. The van der Waals surface area contributed by atoms with E-state index in [-0.39, 0.29) is 0 Å². The fraction of sp³-hybridized carbons (Fsp3) is 0.286. The van der Waals surface area contributed by atoms with Crippen molar-refractivity contribution in [2.45, 2.75) is 20.3 Å². The van der Waals surface area contributed by atoms with Gasteiger partial charge in [-0.25, -0.2) is 18.7 Å². The minimum absolute atomic E-state index is 0.318. The predicted molar refractivity (Wildman–Crippen MR) is 75.2 cm³/mol. The van der Waals surface area contributed by atoms with E-state index in [0.29, 0.717) is 17.9 Å². The number of hydrogen-bond acceptors (Lipinski definition) is 4. The molecule has 0 aliphatic rings. The maximum absolute atomic E-state index is 13.2. The van der Waals surface area contributed by atoms with Gasteiger partial charge in [-0.15, -0.1) is 0 Å². The Balaban J connectivity index is 2.35. The van der Waals surface area contributed by atoms with Crippen molar-refractivity contribution < 1.29 is 8.78 Å². The predicted octanol–water partition coefficient (Wildman–Crippen LogP) is 3.49. The largest absolute Gasteiger partial charge is 0.370 e. The zero-order valence-electron chi connectivity index (χ0n) is 11.4. The Morgan fingerprint density at radius 3 is 2.25 bits per heavy atom. The van der Waals surface area contributed by atoms with Crippen molar-refractivity contribution in [2.24, 2.45) is 0 Å². The van der Waals surface area contributed by atoms with Gasteiger partial charge in [-0.3, -0.25) is 0 Å². The Hall–Kier alpha value is -2.24. The summed E-state index contributed by atoms with van der Waals surface area (Å²) in [6.07, 6.45) is 2.11. The first-order chi connectivity index (χ1) is 9.63. The molecule has 0 atom stereocenters. The van der Waals surface area contributed by atoms with Crippen molar-refractivity contribution >= 4 is 17.3 Å². The number of nitrogens with zero attached hydrogens (tertiary/aromatic N) is 2. The Morgan fingerprint density at radius 1 is 1.00 bits per heavy atom. The van der Waals surface area contributed by atoms with E-state index in [4.69, 9.17) is 0 Å². The van der Waals surface area contributed by atoms with Crippen molar-refractivity contribution in [2.75, 3.05) is 17.2 Å². The van der Waals surface area contributed by atoms with Crippen molar-refractivity contribution in [1.82, 2.24) is 9.97 Å². The molecule has 2 rings (SSSR count). The number of halogens is 2. The molecule has 0 aliphatic heterocycles. The van der Waals surface area contributed by atoms with Crippen LogP contribution in [-0.4, -0.2) is 16.5 Å². The highest BCUT2D eigenvalue weighted by atomic mass is 19.1. The molecular weight excluding hydrogens is 262 g/mol. The van der Waals surface area contributed by atoms with Crippen LogP contribution in [0.25, 0.3) is 0 Å². The molecule has 0 saturated carbocycles. The smallest absolute Gasteiger partial charge is 0.139 e. The third kappa shape index (κ3) is 3.20. The molecule has 106 valence electrons. The van der Waals surface area contributed by atoms with Crippen molar-refractivity contribution in [3.63, 3.8) is 0 Å². The average molecular weight is 278 g/mol. The van der Waals surface area contributed by atoms with Gasteiger partial charge in [-0.1, -0.05) is 6.92 Å². The lowest BCUT2D eigenvalue weighted by Crippen LogP contribution is -2.07. The second kappa shape index (κ2) is 6.27. The summed E-state index contributed by atoms with van der Waals surface area (Å²) in [6.45, 7) is 4.67. The van der Waals surface area contributed by atoms with Crippen molar-refractivity contribution in [3.8, 4) is 0 Å². The SMILES string of the molecule is CCNc1ncnc(Nc2cc(F)cc(F)c2)c1CC. The van der Waals surface area contributed by atoms with Gasteiger partial charge in [0.2, 0.25) is 0 Å². The topological polar surface area (TPSA) is 49.8 Å². The summed E-state index contributed by atoms with van der Waals surface area (Å²) in [5.41, 5.74) is 1.19. The van der Waals surface area contributed by atoms with Gasteiger partial charge in [0, 0.05) is 23.9 Å². The van der Waals surface area contributed by atoms with Gasteiger partial charge >= 0.3 is 0 Å². The van der Waals surface area contributed by atoms with Crippen LogP contribution < -0.4 is 10.6 Å². The summed E-state index contributed by atoms with van der Waals surface area (Å²) in [6, 6.07) is 3.27. The van der Waals surface area contributed by atoms with Crippen LogP contribution in [0, 0.1) is 11.6 Å². The molecular formula is C14H16F2N4. The second-order valence-corrected chi connectivity index (χ2v) is 4.22. The third-order valence-electron chi connectivity index (χ3n) is 2.77. The fourth-order valence-corrected chi connectivity index (χ4v) is 1.94. The van der Waals surface area contributed by atoms with E-state index in [1.165, 1.54) is 18.5 Å². The minimum atomic E-state index is -0.633. The molecule has 0 fully saturated rings. The van der Waals surface area contributed by atoms with Gasteiger partial charge in [0.1, 0.15) is 29.6 Å². The number of aromatic nitrogens is 2. The van der Waals surface area contributed by atoms with E-state index in [1.807, 2.05) is 13.8 Å². The normalized spacial score (nSPS) is 10.4. The van der Waals surface area contributed by atoms with Gasteiger partial charge in [0.05, 0.1) is 0 Å². The van der Waals surface area contributed by atoms with E-state index >= 15 is 0 Å². The zero-order valence-corrected chi connectivity index (χ0v) is 11.4. The molecule has 0 amide bonds. The van der Waals surface area contributed by atoms with Gasteiger partial charge < -0.3 is 10.6 Å². The van der Waals surface area contributed by atoms with Crippen LogP contribution in [0.15, 0.2) is 24.5 Å². The summed E-state index contributed by atoms with van der Waals surface area (Å²) >= 11 is 0. The third-order valence-corrected chi connectivity index (χ3v) is 2.77. The van der Waals surface area contributed by atoms with Gasteiger partial charge in [0.15, 0.2) is 0 Å². The first-order valence-electron chi connectivity index (χ1n) is 6.44. The molecule has 1 aromatic carbocycles. The highest BCUT2D eigenvalue weighted by Gasteiger charge is 2.10. The number of anilines is 3. The van der Waals surface area contributed by atoms with Crippen LogP contribution in [0.1, 0.15) is 19.4 Å². The molecule has 1 aromatic heterocycles. The van der Waals surface area contributed by atoms with Crippen LogP contribution >= 0.6 is 0 Å². The lowest BCUT2D eigenvalue weighted by molar-refractivity contribution is 0.584. The van der Waals surface area contributed by atoms with Gasteiger partial charge in [-0.05, 0) is 25.5 Å². The number of benzene rings is 1. The fourth-order valence-electron chi connectivity index (χ4n) is 1.94. The molecule has 6 heteroatoms. The number of hydrogen-bond donors (Lipinski definition) is 2. The van der Waals surface area contributed by atoms with Crippen LogP contribution in [0.4, 0.5) is 26.1 Å². The highest BCUT2D eigenvalue weighted by molar-refractivity contribution is 5.64. The van der Waals surface area contributed by atoms with Crippen LogP contribution in [0.2, 0.25) is 0 Å². The second-order valence-electron chi connectivity index (χ2n) is 4.22. The Bertz CT molecular complexity index is 581. The first-order valence-corrected chi connectivity index (χ1v) is 6.44. The molecule has 2 N–H and O–H groups in total. The molecule has 20 heavy (non-hydrogen) atoms. The summed E-state index contributed by atoms with van der Waals surface area (Å²) < 4.78 is 26.4. The Labute approximate surface area is 116 Å². The Morgan fingerprint density at radius 2 is 1.65 bits per heavy atom. The molecule has 0 bridgehead atoms. The number of nitrogens with one attached hydrogen (secondary N) is 2. The first kappa shape index (κ1) is 14.2. The quantitative estimate of drug-likeness (QED) is 0.879. The van der Waals surface area contributed by atoms with E-state index in [2.05, 4.69) is 20.6 Å². The van der Waals surface area contributed by atoms with Gasteiger partial charge in [-0.2, -0.15) is 0 Å². The molecule has 2 aromatic rings. The molecule has 0 radical (unpaired) electrons. The maximum atomic E-state index is 13.2. The van der Waals surface area contributed by atoms with Crippen LogP contribution in [0.5, 0.6) is 0 Å². The van der Waals surface area contributed by atoms with Crippen LogP contribution in [-0.2, 0) is 6.42 Å². The van der Waals surface area contributed by atoms with E-state index in [1.54, 1.807) is 0 Å². The maximum Gasteiger partial charge on any atom is 0.139 e. The lowest BCUT2D eigenvalue weighted by atomic mass is 10.2. The summed E-state index contributed by atoms with van der Waals surface area (Å²) in [5.74, 6) is 0.00541. The standard InChI is InChI=1S/C14H16F2N4/c1-3-12-13(17-4-2)18-8-19-14(12)20-11-6-9(15)5-10(16)7-11/h5-8H,3-4H2,1-2H3,(H2,17,18,19,20). The van der Waals surface area contributed by atoms with Crippen LogP contribution in [0.3, 0.4) is 0 Å². The van der Waals surface area contributed by atoms with Gasteiger partial charge in [0.25, 0.3) is 0 Å². The monoisotopic (exact) mass is 278 g/mol. The molecule has 1 heterocycles. The van der Waals surface area contributed by atoms with E-state index in [0.717, 1.165) is 24.0 Å². The molecule has 0 unspecified atom stereocenters. The molecule has 4 nitrogen and oxygen atoms in total. The lowest BCUT2D eigenvalue weighted by Gasteiger charge is -2.13. The summed E-state index contributed by atoms with van der Waals surface area (Å²) in [7, 11) is 0. The summed E-state index contributed by atoms with van der Waals surface area (Å²) in [4.78, 5) is 8.31. The average Bonchev–Trinajstić information content (AvgIpc) is 2.38. The molecule has 0 spiro atoms. The van der Waals surface area contributed by atoms with Crippen molar-refractivity contribution in [3.05, 3.63) is 41.7 Å². The molecule has 0 saturated heterocycles. The van der Waals surface area contributed by atoms with Crippen molar-refractivity contribution in [1.29, 1.82) is 0 Å². The zero-order chi connectivity index (χ0) is 14.5. The highest BCUT2D eigenvalue weighted by Crippen LogP contribution is 2.24. The summed E-state index contributed by atoms with van der Waals surface area (Å²) in [5, 5.41) is 6.07. The number of rotatable bonds is 5. The minimum Gasteiger partial charge on any atom is -0.370 e. The van der Waals surface area contributed by atoms with E-state index < -0.39 is 11.6 Å².